The summed E-state index contributed by atoms with van der Waals surface area (Å²) >= 11 is 0. The van der Waals surface area contributed by atoms with Crippen LogP contribution in [0, 0.1) is 5.82 Å². The smallest absolute Gasteiger partial charge is 0.264 e. The minimum absolute atomic E-state index is 0.104. The van der Waals surface area contributed by atoms with E-state index in [1.807, 2.05) is 0 Å². The first-order valence-corrected chi connectivity index (χ1v) is 10.8. The molecule has 2 amide bonds. The molecule has 0 fully saturated rings. The number of halogens is 1. The Labute approximate surface area is 177 Å². The van der Waals surface area contributed by atoms with Crippen LogP contribution in [0.1, 0.15) is 22.3 Å². The zero-order valence-corrected chi connectivity index (χ0v) is 16.9. The second-order valence-electron chi connectivity index (χ2n) is 6.86. The second-order valence-corrected chi connectivity index (χ2v) is 8.52. The number of pyridine rings is 1. The normalized spacial score (nSPS) is 13.1. The zero-order chi connectivity index (χ0) is 22.0. The fraction of sp³-hybridized carbons (Fsp3) is 0.0952. The van der Waals surface area contributed by atoms with Crippen LogP contribution >= 0.6 is 0 Å². The third kappa shape index (κ3) is 4.53. The SMILES string of the molecule is O=C1CCc2cc(S(=O)(=O)Nc3cccc(C(=O)Nc4ccncc4)c3)c(F)cc2N1. The molecule has 1 aromatic heterocycles. The lowest BCUT2D eigenvalue weighted by atomic mass is 10.0. The molecule has 3 aromatic rings. The second kappa shape index (κ2) is 8.15. The highest BCUT2D eigenvalue weighted by Crippen LogP contribution is 2.29. The van der Waals surface area contributed by atoms with Crippen molar-refractivity contribution in [3.63, 3.8) is 0 Å². The Morgan fingerprint density at radius 3 is 2.58 bits per heavy atom. The number of anilines is 3. The molecule has 0 bridgehead atoms. The van der Waals surface area contributed by atoms with Crippen LogP contribution < -0.4 is 15.4 Å². The van der Waals surface area contributed by atoms with Crippen LogP contribution in [-0.4, -0.2) is 25.2 Å². The van der Waals surface area contributed by atoms with E-state index in [0.29, 0.717) is 17.7 Å². The largest absolute Gasteiger partial charge is 0.326 e. The number of hydrogen-bond donors (Lipinski definition) is 3. The first kappa shape index (κ1) is 20.5. The van der Waals surface area contributed by atoms with Crippen LogP contribution in [0.25, 0.3) is 0 Å². The molecule has 1 aliphatic rings. The number of rotatable bonds is 5. The average Bonchev–Trinajstić information content (AvgIpc) is 2.73. The van der Waals surface area contributed by atoms with Crippen LogP contribution in [0.2, 0.25) is 0 Å². The third-order valence-electron chi connectivity index (χ3n) is 4.66. The molecule has 0 radical (unpaired) electrons. The van der Waals surface area contributed by atoms with E-state index in [9.17, 15) is 22.4 Å². The summed E-state index contributed by atoms with van der Waals surface area (Å²) in [6.45, 7) is 0. The van der Waals surface area contributed by atoms with Crippen molar-refractivity contribution in [1.82, 2.24) is 4.98 Å². The Morgan fingerprint density at radius 1 is 1.03 bits per heavy atom. The van der Waals surface area contributed by atoms with Gasteiger partial charge in [0.1, 0.15) is 10.7 Å². The highest BCUT2D eigenvalue weighted by Gasteiger charge is 2.24. The topological polar surface area (TPSA) is 117 Å². The van der Waals surface area contributed by atoms with Crippen molar-refractivity contribution in [3.8, 4) is 0 Å². The first-order valence-electron chi connectivity index (χ1n) is 9.28. The number of benzene rings is 2. The lowest BCUT2D eigenvalue weighted by Gasteiger charge is -2.18. The lowest BCUT2D eigenvalue weighted by molar-refractivity contribution is -0.116. The number of nitrogens with zero attached hydrogens (tertiary/aromatic N) is 1. The Balaban J connectivity index is 1.57. The summed E-state index contributed by atoms with van der Waals surface area (Å²) in [5, 5.41) is 5.20. The summed E-state index contributed by atoms with van der Waals surface area (Å²) in [5.74, 6) is -1.68. The van der Waals surface area contributed by atoms with Crippen molar-refractivity contribution < 1.29 is 22.4 Å². The number of sulfonamides is 1. The average molecular weight is 440 g/mol. The molecule has 4 rings (SSSR count). The predicted molar refractivity (Wildman–Crippen MR) is 113 cm³/mol. The molecule has 2 heterocycles. The third-order valence-corrected chi connectivity index (χ3v) is 6.05. The van der Waals surface area contributed by atoms with Gasteiger partial charge in [0.05, 0.1) is 0 Å². The fourth-order valence-corrected chi connectivity index (χ4v) is 4.32. The van der Waals surface area contributed by atoms with E-state index in [4.69, 9.17) is 0 Å². The molecule has 0 unspecified atom stereocenters. The van der Waals surface area contributed by atoms with E-state index >= 15 is 0 Å². The van der Waals surface area contributed by atoms with Crippen molar-refractivity contribution in [2.75, 3.05) is 15.4 Å². The van der Waals surface area contributed by atoms with Crippen molar-refractivity contribution in [2.24, 2.45) is 0 Å². The van der Waals surface area contributed by atoms with Crippen LogP contribution in [0.15, 0.2) is 65.8 Å². The van der Waals surface area contributed by atoms with Gasteiger partial charge in [-0.15, -0.1) is 0 Å². The van der Waals surface area contributed by atoms with E-state index < -0.39 is 26.6 Å². The molecule has 1 aliphatic heterocycles. The molecule has 2 aromatic carbocycles. The quantitative estimate of drug-likeness (QED) is 0.563. The number of carbonyl (C=O) groups excluding carboxylic acids is 2. The van der Waals surface area contributed by atoms with Gasteiger partial charge in [-0.25, -0.2) is 12.8 Å². The van der Waals surface area contributed by atoms with Crippen molar-refractivity contribution in [3.05, 3.63) is 77.9 Å². The molecular weight excluding hydrogens is 423 g/mol. The number of fused-ring (bicyclic) bond motifs is 1. The maximum absolute atomic E-state index is 14.5. The van der Waals surface area contributed by atoms with Gasteiger partial charge in [-0.2, -0.15) is 0 Å². The van der Waals surface area contributed by atoms with E-state index in [2.05, 4.69) is 20.3 Å². The molecule has 0 atom stereocenters. The van der Waals surface area contributed by atoms with Gasteiger partial charge >= 0.3 is 0 Å². The lowest BCUT2D eigenvalue weighted by Crippen LogP contribution is -2.21. The van der Waals surface area contributed by atoms with Gasteiger partial charge in [0, 0.05) is 41.4 Å². The zero-order valence-electron chi connectivity index (χ0n) is 16.1. The van der Waals surface area contributed by atoms with E-state index in [1.54, 1.807) is 12.1 Å². The molecule has 0 spiro atoms. The summed E-state index contributed by atoms with van der Waals surface area (Å²) in [4.78, 5) is 27.2. The van der Waals surface area contributed by atoms with Gasteiger partial charge in [-0.3, -0.25) is 19.3 Å². The number of aryl methyl sites for hydroxylation is 1. The number of carbonyl (C=O) groups is 2. The standard InChI is InChI=1S/C21H17FN4O4S/c22-17-12-18-13(4-5-20(27)25-18)11-19(17)31(29,30)26-16-3-1-2-14(10-16)21(28)24-15-6-8-23-9-7-15/h1-3,6-12,26H,4-5H2,(H,25,27)(H,23,24,28). The van der Waals surface area contributed by atoms with E-state index in [1.165, 1.54) is 42.7 Å². The number of hydrogen-bond acceptors (Lipinski definition) is 5. The summed E-state index contributed by atoms with van der Waals surface area (Å²) in [7, 11) is -4.27. The molecule has 3 N–H and O–H groups in total. The maximum atomic E-state index is 14.5. The molecule has 10 heteroatoms. The summed E-state index contributed by atoms with van der Waals surface area (Å²) < 4.78 is 42.4. The fourth-order valence-electron chi connectivity index (χ4n) is 3.16. The van der Waals surface area contributed by atoms with Crippen LogP contribution in [0.3, 0.4) is 0 Å². The van der Waals surface area contributed by atoms with Gasteiger partial charge in [0.15, 0.2) is 0 Å². The van der Waals surface area contributed by atoms with Crippen molar-refractivity contribution in [2.45, 2.75) is 17.7 Å². The highest BCUT2D eigenvalue weighted by atomic mass is 32.2. The molecular formula is C21H17FN4O4S. The maximum Gasteiger partial charge on any atom is 0.264 e. The number of nitrogens with one attached hydrogen (secondary N) is 3. The van der Waals surface area contributed by atoms with E-state index in [0.717, 1.165) is 6.07 Å². The predicted octanol–water partition coefficient (Wildman–Crippen LogP) is 3.16. The summed E-state index contributed by atoms with van der Waals surface area (Å²) in [6.07, 6.45) is 3.56. The monoisotopic (exact) mass is 440 g/mol. The molecule has 8 nitrogen and oxygen atoms in total. The molecule has 31 heavy (non-hydrogen) atoms. The van der Waals surface area contributed by atoms with Gasteiger partial charge in [0.2, 0.25) is 5.91 Å². The van der Waals surface area contributed by atoms with Crippen LogP contribution in [0.5, 0.6) is 0 Å². The Hall–Kier alpha value is -3.79. The van der Waals surface area contributed by atoms with Gasteiger partial charge in [-0.05, 0) is 54.4 Å². The minimum Gasteiger partial charge on any atom is -0.326 e. The Morgan fingerprint density at radius 2 is 1.81 bits per heavy atom. The van der Waals surface area contributed by atoms with E-state index in [-0.39, 0.29) is 29.3 Å². The van der Waals surface area contributed by atoms with Gasteiger partial charge in [0.25, 0.3) is 15.9 Å². The molecule has 158 valence electrons. The summed E-state index contributed by atoms with van der Waals surface area (Å²) in [6, 6.07) is 11.3. The van der Waals surface area contributed by atoms with Crippen LogP contribution in [-0.2, 0) is 21.2 Å². The first-order chi connectivity index (χ1) is 14.8. The van der Waals surface area contributed by atoms with Gasteiger partial charge < -0.3 is 10.6 Å². The Bertz CT molecular complexity index is 1280. The summed E-state index contributed by atoms with van der Waals surface area (Å²) in [5.41, 5.74) is 1.65. The molecule has 0 saturated heterocycles. The minimum atomic E-state index is -4.27. The van der Waals surface area contributed by atoms with Crippen molar-refractivity contribution in [1.29, 1.82) is 0 Å². The van der Waals surface area contributed by atoms with Crippen LogP contribution in [0.4, 0.5) is 21.5 Å². The number of aromatic nitrogens is 1. The van der Waals surface area contributed by atoms with Gasteiger partial charge in [-0.1, -0.05) is 6.07 Å². The van der Waals surface area contributed by atoms with Crippen molar-refractivity contribution >= 4 is 38.9 Å². The molecule has 0 saturated carbocycles. The molecule has 0 aliphatic carbocycles. The Kier molecular flexibility index (Phi) is 5.38. The highest BCUT2D eigenvalue weighted by molar-refractivity contribution is 7.92. The number of amides is 2.